The summed E-state index contributed by atoms with van der Waals surface area (Å²) in [4.78, 5) is 7.02. The van der Waals surface area contributed by atoms with Gasteiger partial charge >= 0.3 is 0 Å². The fourth-order valence-electron chi connectivity index (χ4n) is 4.99. The van der Waals surface area contributed by atoms with Crippen LogP contribution in [0.15, 0.2) is 36.7 Å². The first-order valence-electron chi connectivity index (χ1n) is 10.1. The van der Waals surface area contributed by atoms with Crippen LogP contribution in [-0.2, 0) is 19.2 Å². The number of imidazole rings is 1. The lowest BCUT2D eigenvalue weighted by Crippen LogP contribution is -2.58. The van der Waals surface area contributed by atoms with E-state index in [4.69, 9.17) is 4.74 Å². The molecule has 27 heavy (non-hydrogen) atoms. The van der Waals surface area contributed by atoms with Crippen LogP contribution in [0.1, 0.15) is 44.5 Å². The first-order chi connectivity index (χ1) is 13.0. The number of hydrogen-bond acceptors (Lipinski definition) is 4. The molecule has 5 heteroatoms. The minimum absolute atomic E-state index is 0.195. The Balaban J connectivity index is 1.48. The average Bonchev–Trinajstić information content (AvgIpc) is 3.04. The molecule has 2 bridgehead atoms. The molecular formula is C22H31N3O2. The molecule has 4 rings (SSSR count). The zero-order valence-corrected chi connectivity index (χ0v) is 16.6. The molecule has 1 aliphatic carbocycles. The quantitative estimate of drug-likeness (QED) is 0.878. The molecule has 3 atom stereocenters. The number of benzene rings is 1. The molecule has 2 heterocycles. The molecule has 5 nitrogen and oxygen atoms in total. The smallest absolute Gasteiger partial charge is 0.141 e. The fourth-order valence-corrected chi connectivity index (χ4v) is 4.99. The molecule has 2 fully saturated rings. The Hall–Kier alpha value is -1.85. The molecule has 1 unspecified atom stereocenters. The van der Waals surface area contributed by atoms with E-state index in [1.165, 1.54) is 12.0 Å². The number of piperidine rings is 1. The van der Waals surface area contributed by atoms with Gasteiger partial charge in [0, 0.05) is 50.9 Å². The van der Waals surface area contributed by atoms with Crippen molar-refractivity contribution in [1.29, 1.82) is 0 Å². The van der Waals surface area contributed by atoms with Crippen LogP contribution in [0.25, 0.3) is 0 Å². The van der Waals surface area contributed by atoms with E-state index in [1.807, 2.05) is 31.7 Å². The summed E-state index contributed by atoms with van der Waals surface area (Å²) in [5.41, 5.74) is 0.508. The average molecular weight is 370 g/mol. The van der Waals surface area contributed by atoms with Crippen molar-refractivity contribution in [2.45, 2.75) is 51.4 Å². The van der Waals surface area contributed by atoms with Crippen molar-refractivity contribution in [1.82, 2.24) is 14.5 Å². The van der Waals surface area contributed by atoms with Gasteiger partial charge in [-0.3, -0.25) is 4.90 Å². The van der Waals surface area contributed by atoms with Gasteiger partial charge in [-0.05, 0) is 44.4 Å². The summed E-state index contributed by atoms with van der Waals surface area (Å²) in [6.45, 7) is 6.85. The summed E-state index contributed by atoms with van der Waals surface area (Å²) >= 11 is 0. The molecule has 0 amide bonds. The predicted molar refractivity (Wildman–Crippen MR) is 105 cm³/mol. The maximum Gasteiger partial charge on any atom is 0.141 e. The van der Waals surface area contributed by atoms with E-state index >= 15 is 0 Å². The van der Waals surface area contributed by atoms with Gasteiger partial charge < -0.3 is 14.4 Å². The van der Waals surface area contributed by atoms with Crippen molar-refractivity contribution in [3.63, 3.8) is 0 Å². The Kier molecular flexibility index (Phi) is 4.99. The molecule has 1 aromatic heterocycles. The highest BCUT2D eigenvalue weighted by Crippen LogP contribution is 2.48. The standard InChI is InChI=1S/C22H31N3O2/c1-16(2)27-20-9-7-17(8-10-20)13-25-14-18-5-4-6-19(15-25)22(18,26)21-23-11-12-24(21)3/h7-12,16,18-19,26H,4-6,13-15H2,1-3H3/t18-,19+,22?. The van der Waals surface area contributed by atoms with Crippen LogP contribution < -0.4 is 4.74 Å². The van der Waals surface area contributed by atoms with Crippen LogP contribution in [0.5, 0.6) is 5.75 Å². The highest BCUT2D eigenvalue weighted by atomic mass is 16.5. The van der Waals surface area contributed by atoms with E-state index in [0.717, 1.165) is 44.0 Å². The molecule has 0 spiro atoms. The van der Waals surface area contributed by atoms with E-state index in [0.29, 0.717) is 0 Å². The van der Waals surface area contributed by atoms with Crippen molar-refractivity contribution in [2.24, 2.45) is 18.9 Å². The van der Waals surface area contributed by atoms with Crippen LogP contribution in [0.3, 0.4) is 0 Å². The zero-order valence-electron chi connectivity index (χ0n) is 16.6. The van der Waals surface area contributed by atoms with Gasteiger partial charge in [-0.2, -0.15) is 0 Å². The molecule has 1 aromatic carbocycles. The second kappa shape index (κ2) is 7.28. The largest absolute Gasteiger partial charge is 0.491 e. The number of fused-ring (bicyclic) bond motifs is 2. The highest BCUT2D eigenvalue weighted by molar-refractivity contribution is 5.27. The van der Waals surface area contributed by atoms with Gasteiger partial charge in [0.05, 0.1) is 6.10 Å². The lowest BCUT2D eigenvalue weighted by molar-refractivity contribution is -0.155. The third kappa shape index (κ3) is 3.50. The summed E-state index contributed by atoms with van der Waals surface area (Å²) < 4.78 is 7.74. The predicted octanol–water partition coefficient (Wildman–Crippen LogP) is 3.33. The second-order valence-electron chi connectivity index (χ2n) is 8.52. The molecular weight excluding hydrogens is 338 g/mol. The number of nitrogens with zero attached hydrogens (tertiary/aromatic N) is 3. The Morgan fingerprint density at radius 1 is 1.19 bits per heavy atom. The summed E-state index contributed by atoms with van der Waals surface area (Å²) in [5, 5.41) is 11.7. The number of rotatable bonds is 5. The van der Waals surface area contributed by atoms with Crippen LogP contribution in [0.2, 0.25) is 0 Å². The van der Waals surface area contributed by atoms with Crippen molar-refractivity contribution in [3.8, 4) is 5.75 Å². The molecule has 146 valence electrons. The molecule has 0 radical (unpaired) electrons. The minimum Gasteiger partial charge on any atom is -0.491 e. The molecule has 1 N–H and O–H groups in total. The number of aromatic nitrogens is 2. The fraction of sp³-hybridized carbons (Fsp3) is 0.591. The van der Waals surface area contributed by atoms with Gasteiger partial charge in [-0.15, -0.1) is 0 Å². The number of likely N-dealkylation sites (tertiary alicyclic amines) is 1. The number of hydrogen-bond donors (Lipinski definition) is 1. The van der Waals surface area contributed by atoms with E-state index in [1.54, 1.807) is 6.20 Å². The van der Waals surface area contributed by atoms with E-state index in [9.17, 15) is 5.11 Å². The van der Waals surface area contributed by atoms with E-state index in [-0.39, 0.29) is 17.9 Å². The monoisotopic (exact) mass is 369 g/mol. The first-order valence-corrected chi connectivity index (χ1v) is 10.1. The lowest BCUT2D eigenvalue weighted by Gasteiger charge is -2.52. The normalized spacial score (nSPS) is 28.5. The van der Waals surface area contributed by atoms with Gasteiger partial charge in [0.1, 0.15) is 17.2 Å². The van der Waals surface area contributed by atoms with Crippen LogP contribution >= 0.6 is 0 Å². The molecule has 2 aromatic rings. The zero-order chi connectivity index (χ0) is 19.0. The number of ether oxygens (including phenoxy) is 1. The molecule has 1 saturated carbocycles. The van der Waals surface area contributed by atoms with Gasteiger partial charge in [0.25, 0.3) is 0 Å². The van der Waals surface area contributed by atoms with Crippen molar-refractivity contribution in [2.75, 3.05) is 13.1 Å². The lowest BCUT2D eigenvalue weighted by atomic mass is 9.65. The SMILES string of the molecule is CC(C)Oc1ccc(CN2C[C@H]3CCC[C@@H](C2)C3(O)c2nccn2C)cc1. The minimum atomic E-state index is -0.790. The Bertz CT molecular complexity index is 754. The summed E-state index contributed by atoms with van der Waals surface area (Å²) in [7, 11) is 1.99. The third-order valence-electron chi connectivity index (χ3n) is 6.19. The van der Waals surface area contributed by atoms with Crippen molar-refractivity contribution >= 4 is 0 Å². The van der Waals surface area contributed by atoms with E-state index in [2.05, 4.69) is 34.1 Å². The van der Waals surface area contributed by atoms with Gasteiger partial charge in [-0.25, -0.2) is 4.98 Å². The molecule has 1 aliphatic heterocycles. The third-order valence-corrected chi connectivity index (χ3v) is 6.19. The highest BCUT2D eigenvalue weighted by Gasteiger charge is 2.53. The van der Waals surface area contributed by atoms with Gasteiger partial charge in [0.2, 0.25) is 0 Å². The topological polar surface area (TPSA) is 50.5 Å². The van der Waals surface area contributed by atoms with E-state index < -0.39 is 5.60 Å². The summed E-state index contributed by atoms with van der Waals surface area (Å²) in [6.07, 6.45) is 7.28. The summed E-state index contributed by atoms with van der Waals surface area (Å²) in [6, 6.07) is 8.44. The van der Waals surface area contributed by atoms with Crippen LogP contribution in [0.4, 0.5) is 0 Å². The Labute approximate surface area is 162 Å². The Morgan fingerprint density at radius 3 is 2.41 bits per heavy atom. The van der Waals surface area contributed by atoms with Crippen LogP contribution in [-0.4, -0.2) is 38.8 Å². The summed E-state index contributed by atoms with van der Waals surface area (Å²) in [5.74, 6) is 2.25. The maximum absolute atomic E-state index is 11.7. The first kappa shape index (κ1) is 18.5. The maximum atomic E-state index is 11.7. The van der Waals surface area contributed by atoms with Crippen molar-refractivity contribution in [3.05, 3.63) is 48.0 Å². The Morgan fingerprint density at radius 2 is 1.85 bits per heavy atom. The number of aliphatic hydroxyl groups is 1. The van der Waals surface area contributed by atoms with Gasteiger partial charge in [0.15, 0.2) is 0 Å². The molecule has 1 saturated heterocycles. The van der Waals surface area contributed by atoms with Crippen LogP contribution in [0, 0.1) is 11.8 Å². The molecule has 2 aliphatic rings. The van der Waals surface area contributed by atoms with Crippen molar-refractivity contribution < 1.29 is 9.84 Å². The van der Waals surface area contributed by atoms with Gasteiger partial charge in [-0.1, -0.05) is 18.6 Å². The number of aryl methyl sites for hydroxylation is 1. The second-order valence-corrected chi connectivity index (χ2v) is 8.52.